The average molecular weight is 415 g/mol. The van der Waals surface area contributed by atoms with Gasteiger partial charge in [0.25, 0.3) is 0 Å². The van der Waals surface area contributed by atoms with Crippen molar-refractivity contribution in [2.24, 2.45) is 5.73 Å². The summed E-state index contributed by atoms with van der Waals surface area (Å²) in [5.74, 6) is 0.795. The van der Waals surface area contributed by atoms with Crippen LogP contribution in [0.25, 0.3) is 11.2 Å². The highest BCUT2D eigenvalue weighted by atomic mass is 32.2. The number of ether oxygens (including phenoxy) is 1. The standard InChI is InChI=1S/C13H21BN6O5PS/c1-7-4-23-26(14,22)24-5-8(21)12(25-7)20-11-9(10(16)17-6-18-11)19-13(20)27-3-2-15/h6-8,12,21-22H,2-5,15H2,1H3,(H2,16,17,18)/q+1/t7-,8-,12+,26?/m0/s1. The van der Waals surface area contributed by atoms with Crippen LogP contribution in [0.1, 0.15) is 13.2 Å². The maximum atomic E-state index is 10.7. The van der Waals surface area contributed by atoms with Crippen LogP contribution in [-0.4, -0.2) is 74.8 Å². The van der Waals surface area contributed by atoms with Crippen LogP contribution < -0.4 is 11.5 Å². The summed E-state index contributed by atoms with van der Waals surface area (Å²) in [4.78, 5) is 22.6. The Morgan fingerprint density at radius 1 is 1.41 bits per heavy atom. The van der Waals surface area contributed by atoms with Crippen molar-refractivity contribution < 1.29 is 23.8 Å². The number of aliphatic hydroxyl groups excluding tert-OH is 1. The minimum absolute atomic E-state index is 0.0149. The third-order valence-electron chi connectivity index (χ3n) is 3.70. The minimum Gasteiger partial charge on any atom is -0.386 e. The number of aliphatic hydroxyl groups is 1. The highest BCUT2D eigenvalue weighted by molar-refractivity contribution is 7.99. The van der Waals surface area contributed by atoms with Gasteiger partial charge in [-0.25, -0.2) is 19.8 Å². The molecule has 1 fully saturated rings. The van der Waals surface area contributed by atoms with Crippen molar-refractivity contribution in [3.05, 3.63) is 6.33 Å². The smallest absolute Gasteiger partial charge is 0.386 e. The molecule has 0 aromatic carbocycles. The fourth-order valence-electron chi connectivity index (χ4n) is 2.50. The van der Waals surface area contributed by atoms with E-state index < -0.39 is 26.3 Å². The molecule has 3 heterocycles. The zero-order valence-electron chi connectivity index (χ0n) is 14.6. The molecule has 0 aliphatic carbocycles. The van der Waals surface area contributed by atoms with Crippen molar-refractivity contribution in [3.8, 4) is 0 Å². The first-order valence-electron chi connectivity index (χ1n) is 8.16. The van der Waals surface area contributed by atoms with Gasteiger partial charge in [-0.15, -0.1) is 0 Å². The molecule has 0 bridgehead atoms. The Kier molecular flexibility index (Phi) is 6.54. The molecule has 1 aliphatic rings. The molecule has 4 atom stereocenters. The lowest BCUT2D eigenvalue weighted by atomic mass is 10.3. The molecule has 0 saturated carbocycles. The van der Waals surface area contributed by atoms with Crippen LogP contribution in [0.2, 0.25) is 0 Å². The van der Waals surface area contributed by atoms with E-state index in [-0.39, 0.29) is 19.0 Å². The summed E-state index contributed by atoms with van der Waals surface area (Å²) in [5.41, 5.74) is 12.3. The van der Waals surface area contributed by atoms with Crippen molar-refractivity contribution >= 4 is 44.1 Å². The van der Waals surface area contributed by atoms with E-state index in [4.69, 9.17) is 32.8 Å². The lowest BCUT2D eigenvalue weighted by Gasteiger charge is -2.26. The van der Waals surface area contributed by atoms with E-state index in [0.717, 1.165) is 0 Å². The predicted molar refractivity (Wildman–Crippen MR) is 102 cm³/mol. The molecule has 1 unspecified atom stereocenters. The van der Waals surface area contributed by atoms with Crippen LogP contribution in [0.15, 0.2) is 11.5 Å². The molecule has 3 rings (SSSR count). The molecular formula is C13H21BN6O5PS+. The Morgan fingerprint density at radius 2 is 2.15 bits per heavy atom. The Balaban J connectivity index is 2.05. The fourth-order valence-corrected chi connectivity index (χ4v) is 4.15. The molecule has 0 amide bonds. The average Bonchev–Trinajstić information content (AvgIpc) is 3.01. The largest absolute Gasteiger partial charge is 0.488 e. The number of nitrogens with two attached hydrogens (primary N) is 2. The van der Waals surface area contributed by atoms with E-state index in [1.54, 1.807) is 11.5 Å². The molecule has 2 aromatic rings. The van der Waals surface area contributed by atoms with Crippen molar-refractivity contribution in [2.75, 3.05) is 31.2 Å². The monoisotopic (exact) mass is 415 g/mol. The third-order valence-corrected chi connectivity index (χ3v) is 5.73. The zero-order chi connectivity index (χ0) is 19.6. The van der Waals surface area contributed by atoms with Crippen molar-refractivity contribution in [1.29, 1.82) is 0 Å². The van der Waals surface area contributed by atoms with Crippen LogP contribution in [0, 0.1) is 0 Å². The van der Waals surface area contributed by atoms with Gasteiger partial charge in [0, 0.05) is 12.3 Å². The highest BCUT2D eigenvalue weighted by Gasteiger charge is 2.40. The topological polar surface area (TPSA) is 164 Å². The number of hydrogen-bond acceptors (Lipinski definition) is 11. The molecule has 1 saturated heterocycles. The van der Waals surface area contributed by atoms with Crippen LogP contribution >= 0.6 is 19.6 Å². The number of aromatic nitrogens is 4. The van der Waals surface area contributed by atoms with Gasteiger partial charge in [0.15, 0.2) is 28.4 Å². The van der Waals surface area contributed by atoms with E-state index in [0.29, 0.717) is 28.6 Å². The zero-order valence-corrected chi connectivity index (χ0v) is 16.3. The summed E-state index contributed by atoms with van der Waals surface area (Å²) in [6, 6.07) is 0. The van der Waals surface area contributed by atoms with Gasteiger partial charge in [-0.2, -0.15) is 9.05 Å². The summed E-state index contributed by atoms with van der Waals surface area (Å²) in [5, 5.41) is 11.2. The van der Waals surface area contributed by atoms with E-state index in [2.05, 4.69) is 15.0 Å². The Labute approximate surface area is 161 Å². The number of rotatable bonds is 4. The van der Waals surface area contributed by atoms with Gasteiger partial charge in [0.2, 0.25) is 0 Å². The van der Waals surface area contributed by atoms with E-state index in [1.165, 1.54) is 18.1 Å². The van der Waals surface area contributed by atoms with Crippen LogP contribution in [-0.2, 0) is 13.8 Å². The second kappa shape index (κ2) is 8.54. The summed E-state index contributed by atoms with van der Waals surface area (Å²) < 4.78 is 17.9. The normalized spacial score (nSPS) is 30.0. The molecule has 11 nitrogen and oxygen atoms in total. The molecule has 0 spiro atoms. The molecule has 2 radical (unpaired) electrons. The van der Waals surface area contributed by atoms with Gasteiger partial charge in [0.1, 0.15) is 25.6 Å². The molecular weight excluding hydrogens is 394 g/mol. The number of nitrogen functional groups attached to an aromatic ring is 1. The number of imidazole rings is 1. The summed E-state index contributed by atoms with van der Waals surface area (Å²) in [6.07, 6.45) is -1.32. The van der Waals surface area contributed by atoms with Crippen molar-refractivity contribution in [2.45, 2.75) is 30.5 Å². The Hall–Kier alpha value is -1.05. The quantitative estimate of drug-likeness (QED) is 0.292. The molecule has 146 valence electrons. The highest BCUT2D eigenvalue weighted by Crippen LogP contribution is 2.52. The molecule has 1 aliphatic heterocycles. The maximum Gasteiger partial charge on any atom is 0.488 e. The molecule has 6 N–H and O–H groups in total. The summed E-state index contributed by atoms with van der Waals surface area (Å²) in [6.45, 7) is 1.83. The Bertz CT molecular complexity index is 798. The van der Waals surface area contributed by atoms with Gasteiger partial charge < -0.3 is 21.3 Å². The number of thioether (sulfide) groups is 1. The van der Waals surface area contributed by atoms with E-state index in [9.17, 15) is 10.00 Å². The van der Waals surface area contributed by atoms with Gasteiger partial charge in [-0.05, 0) is 6.92 Å². The summed E-state index contributed by atoms with van der Waals surface area (Å²) >= 11 is 1.37. The lowest BCUT2D eigenvalue weighted by molar-refractivity contribution is -0.124. The molecule has 14 heteroatoms. The Morgan fingerprint density at radius 3 is 2.89 bits per heavy atom. The van der Waals surface area contributed by atoms with Gasteiger partial charge in [-0.3, -0.25) is 4.57 Å². The number of anilines is 1. The number of nitrogens with zero attached hydrogens (tertiary/aromatic N) is 4. The second-order valence-corrected chi connectivity index (χ2v) is 8.60. The van der Waals surface area contributed by atoms with Crippen LogP contribution in [0.3, 0.4) is 0 Å². The SMILES string of the molecule is [B][P+]1(O)OC[C@H](C)O[C@@H](n2c(SCCN)nc3c(N)ncnc32)[C@@H](O)CO1. The second-order valence-electron chi connectivity index (χ2n) is 5.89. The van der Waals surface area contributed by atoms with Gasteiger partial charge in [0.05, 0.1) is 6.10 Å². The minimum atomic E-state index is -3.53. The van der Waals surface area contributed by atoms with Crippen LogP contribution in [0.4, 0.5) is 5.82 Å². The van der Waals surface area contributed by atoms with Crippen LogP contribution in [0.5, 0.6) is 0 Å². The molecule has 2 aromatic heterocycles. The van der Waals surface area contributed by atoms with Gasteiger partial charge in [-0.1, -0.05) is 11.8 Å². The first-order valence-corrected chi connectivity index (χ1v) is 10.8. The maximum absolute atomic E-state index is 10.7. The number of fused-ring (bicyclic) bond motifs is 1. The summed E-state index contributed by atoms with van der Waals surface area (Å²) in [7, 11) is 2.06. The molecule has 27 heavy (non-hydrogen) atoms. The van der Waals surface area contributed by atoms with E-state index in [1.807, 2.05) is 0 Å². The van der Waals surface area contributed by atoms with E-state index >= 15 is 0 Å². The van der Waals surface area contributed by atoms with Crippen molar-refractivity contribution in [3.63, 3.8) is 0 Å². The van der Waals surface area contributed by atoms with Gasteiger partial charge >= 0.3 is 15.4 Å². The fraction of sp³-hybridized carbons (Fsp3) is 0.615. The third kappa shape index (κ3) is 4.69. The van der Waals surface area contributed by atoms with Crippen molar-refractivity contribution in [1.82, 2.24) is 19.5 Å². The number of hydrogen-bond donors (Lipinski definition) is 4. The predicted octanol–water partition coefficient (Wildman–Crippen LogP) is -0.391. The first kappa shape index (κ1) is 20.7. The lowest BCUT2D eigenvalue weighted by Crippen LogP contribution is -2.33. The first-order chi connectivity index (χ1) is 12.8.